The predicted octanol–water partition coefficient (Wildman–Crippen LogP) is 4.91. The van der Waals surface area contributed by atoms with Crippen LogP contribution in [0.25, 0.3) is 10.2 Å². The number of benzene rings is 2. The van der Waals surface area contributed by atoms with Crippen molar-refractivity contribution in [3.63, 3.8) is 0 Å². The van der Waals surface area contributed by atoms with E-state index in [0.717, 1.165) is 21.5 Å². The molecule has 4 aromatic rings. The lowest BCUT2D eigenvalue weighted by molar-refractivity contribution is 0.0985. The van der Waals surface area contributed by atoms with Gasteiger partial charge in [0.05, 0.1) is 16.8 Å². The van der Waals surface area contributed by atoms with Crippen molar-refractivity contribution < 1.29 is 4.79 Å². The van der Waals surface area contributed by atoms with Crippen molar-refractivity contribution >= 4 is 38.3 Å². The van der Waals surface area contributed by atoms with Crippen molar-refractivity contribution in [2.75, 3.05) is 23.9 Å². The third-order valence-corrected chi connectivity index (χ3v) is 5.74. The quantitative estimate of drug-likeness (QED) is 0.476. The number of anilines is 2. The zero-order valence-electron chi connectivity index (χ0n) is 16.7. The molecule has 0 atom stereocenters. The van der Waals surface area contributed by atoms with Crippen molar-refractivity contribution in [2.24, 2.45) is 0 Å². The van der Waals surface area contributed by atoms with Crippen molar-refractivity contribution in [3.05, 3.63) is 83.7 Å². The second-order valence-electron chi connectivity index (χ2n) is 7.16. The van der Waals surface area contributed by atoms with Crippen LogP contribution in [0.15, 0.2) is 67.0 Å². The highest BCUT2D eigenvalue weighted by Gasteiger charge is 2.22. The van der Waals surface area contributed by atoms with Crippen LogP contribution in [-0.4, -0.2) is 30.0 Å². The number of rotatable bonds is 5. The summed E-state index contributed by atoms with van der Waals surface area (Å²) >= 11 is 1.54. The molecule has 2 aromatic heterocycles. The fraction of sp³-hybridized carbons (Fsp3) is 0.174. The number of aryl methyl sites for hydroxylation is 1. The van der Waals surface area contributed by atoms with Gasteiger partial charge in [0, 0.05) is 37.7 Å². The maximum Gasteiger partial charge on any atom is 0.260 e. The Hall–Kier alpha value is -3.25. The minimum Gasteiger partial charge on any atom is -0.378 e. The molecule has 0 spiro atoms. The average molecular weight is 403 g/mol. The highest BCUT2D eigenvalue weighted by Crippen LogP contribution is 2.31. The molecule has 0 radical (unpaired) electrons. The van der Waals surface area contributed by atoms with Crippen molar-refractivity contribution in [1.29, 1.82) is 0 Å². The molecule has 0 aliphatic heterocycles. The number of pyridine rings is 1. The van der Waals surface area contributed by atoms with Gasteiger partial charge < -0.3 is 4.90 Å². The number of aromatic nitrogens is 2. The minimum absolute atomic E-state index is 0.0741. The molecule has 146 valence electrons. The van der Waals surface area contributed by atoms with Crippen molar-refractivity contribution in [1.82, 2.24) is 9.97 Å². The van der Waals surface area contributed by atoms with E-state index in [-0.39, 0.29) is 5.91 Å². The lowest BCUT2D eigenvalue weighted by Gasteiger charge is -2.20. The molecule has 0 aliphatic carbocycles. The maximum absolute atomic E-state index is 13.4. The summed E-state index contributed by atoms with van der Waals surface area (Å²) < 4.78 is 1.08. The number of thiazole rings is 1. The van der Waals surface area contributed by atoms with Gasteiger partial charge in [0.25, 0.3) is 5.91 Å². The van der Waals surface area contributed by atoms with E-state index < -0.39 is 0 Å². The maximum atomic E-state index is 13.4. The second-order valence-corrected chi connectivity index (χ2v) is 8.17. The molecule has 2 heterocycles. The second kappa shape index (κ2) is 8.01. The Morgan fingerprint density at radius 1 is 1.07 bits per heavy atom. The van der Waals surface area contributed by atoms with Crippen LogP contribution in [0.2, 0.25) is 0 Å². The number of carbonyl (C=O) groups is 1. The number of nitrogens with zero attached hydrogens (tertiary/aromatic N) is 4. The van der Waals surface area contributed by atoms with Crippen LogP contribution in [0.4, 0.5) is 10.8 Å². The molecule has 4 rings (SSSR count). The monoisotopic (exact) mass is 402 g/mol. The molecule has 0 N–H and O–H groups in total. The summed E-state index contributed by atoms with van der Waals surface area (Å²) in [5.74, 6) is -0.0741. The summed E-state index contributed by atoms with van der Waals surface area (Å²) in [6.45, 7) is 2.48. The third kappa shape index (κ3) is 4.12. The minimum atomic E-state index is -0.0741. The normalized spacial score (nSPS) is 10.9. The molecule has 29 heavy (non-hydrogen) atoms. The largest absolute Gasteiger partial charge is 0.378 e. The van der Waals surface area contributed by atoms with Crippen LogP contribution in [0, 0.1) is 6.92 Å². The Bertz CT molecular complexity index is 1140. The van der Waals surface area contributed by atoms with E-state index in [4.69, 9.17) is 4.98 Å². The molecule has 2 aromatic carbocycles. The Balaban J connectivity index is 1.73. The first-order valence-electron chi connectivity index (χ1n) is 9.36. The van der Waals surface area contributed by atoms with Gasteiger partial charge >= 0.3 is 0 Å². The van der Waals surface area contributed by atoms with E-state index in [1.165, 1.54) is 16.9 Å². The number of fused-ring (bicyclic) bond motifs is 1. The third-order valence-electron chi connectivity index (χ3n) is 4.70. The molecular weight excluding hydrogens is 380 g/mol. The summed E-state index contributed by atoms with van der Waals surface area (Å²) in [5, 5.41) is 0.691. The zero-order chi connectivity index (χ0) is 20.4. The van der Waals surface area contributed by atoms with E-state index in [2.05, 4.69) is 18.0 Å². The van der Waals surface area contributed by atoms with E-state index in [1.807, 2.05) is 67.5 Å². The number of amides is 1. The summed E-state index contributed by atoms with van der Waals surface area (Å²) in [7, 11) is 3.96. The first-order valence-corrected chi connectivity index (χ1v) is 10.2. The lowest BCUT2D eigenvalue weighted by atomic mass is 10.1. The number of hydrogen-bond donors (Lipinski definition) is 0. The van der Waals surface area contributed by atoms with Gasteiger partial charge in [-0.25, -0.2) is 4.98 Å². The first kappa shape index (κ1) is 19.1. The molecular formula is C23H22N4OS. The molecule has 0 unspecified atom stereocenters. The lowest BCUT2D eigenvalue weighted by Crippen LogP contribution is -2.30. The van der Waals surface area contributed by atoms with Crippen LogP contribution < -0.4 is 9.80 Å². The van der Waals surface area contributed by atoms with Gasteiger partial charge in [-0.1, -0.05) is 23.5 Å². The van der Waals surface area contributed by atoms with Gasteiger partial charge in [0.2, 0.25) is 0 Å². The molecule has 0 bridgehead atoms. The smallest absolute Gasteiger partial charge is 0.260 e. The molecule has 5 nitrogen and oxygen atoms in total. The van der Waals surface area contributed by atoms with E-state index >= 15 is 0 Å². The highest BCUT2D eigenvalue weighted by molar-refractivity contribution is 7.22. The average Bonchev–Trinajstić information content (AvgIpc) is 3.15. The Kier molecular flexibility index (Phi) is 5.27. The molecule has 0 saturated heterocycles. The molecule has 6 heteroatoms. The van der Waals surface area contributed by atoms with Gasteiger partial charge in [-0.2, -0.15) is 0 Å². The molecule has 0 aliphatic rings. The topological polar surface area (TPSA) is 49.3 Å². The van der Waals surface area contributed by atoms with Crippen LogP contribution in [0.3, 0.4) is 0 Å². The SMILES string of the molecule is Cc1ccc2nc(N(Cc3cccnc3)C(=O)c3ccc(N(C)C)cc3)sc2c1. The van der Waals surface area contributed by atoms with Crippen molar-refractivity contribution in [3.8, 4) is 0 Å². The molecule has 1 amide bonds. The first-order chi connectivity index (χ1) is 14.0. The van der Waals surface area contributed by atoms with Gasteiger partial charge in [0.15, 0.2) is 5.13 Å². The summed E-state index contributed by atoms with van der Waals surface area (Å²) in [5.41, 5.74) is 4.73. The van der Waals surface area contributed by atoms with Crippen LogP contribution >= 0.6 is 11.3 Å². The fourth-order valence-electron chi connectivity index (χ4n) is 3.09. The van der Waals surface area contributed by atoms with Crippen LogP contribution in [-0.2, 0) is 6.54 Å². The Labute approximate surface area is 174 Å². The summed E-state index contributed by atoms with van der Waals surface area (Å²) in [6, 6.07) is 17.6. The van der Waals surface area contributed by atoms with E-state index in [1.54, 1.807) is 17.3 Å². The van der Waals surface area contributed by atoms with Crippen molar-refractivity contribution in [2.45, 2.75) is 13.5 Å². The fourth-order valence-corrected chi connectivity index (χ4v) is 4.16. The van der Waals surface area contributed by atoms with E-state index in [0.29, 0.717) is 17.2 Å². The number of hydrogen-bond acceptors (Lipinski definition) is 5. The zero-order valence-corrected chi connectivity index (χ0v) is 17.5. The molecule has 0 fully saturated rings. The van der Waals surface area contributed by atoms with Gasteiger partial charge in [-0.3, -0.25) is 14.7 Å². The predicted molar refractivity (Wildman–Crippen MR) is 120 cm³/mol. The highest BCUT2D eigenvalue weighted by atomic mass is 32.1. The number of carbonyl (C=O) groups excluding carboxylic acids is 1. The van der Waals surface area contributed by atoms with Crippen LogP contribution in [0.1, 0.15) is 21.5 Å². The Morgan fingerprint density at radius 3 is 2.55 bits per heavy atom. The standard InChI is InChI=1S/C23H22N4OS/c1-16-6-11-20-21(13-16)29-23(25-20)27(15-17-5-4-12-24-14-17)22(28)18-7-9-19(10-8-18)26(2)3/h4-14H,15H2,1-3H3. The Morgan fingerprint density at radius 2 is 1.86 bits per heavy atom. The van der Waals surface area contributed by atoms with Gasteiger partial charge in [-0.05, 0) is 60.5 Å². The van der Waals surface area contributed by atoms with Gasteiger partial charge in [-0.15, -0.1) is 0 Å². The van der Waals surface area contributed by atoms with E-state index in [9.17, 15) is 4.79 Å². The summed E-state index contributed by atoms with van der Waals surface area (Å²) in [4.78, 5) is 26.1. The summed E-state index contributed by atoms with van der Waals surface area (Å²) in [6.07, 6.45) is 3.52. The van der Waals surface area contributed by atoms with Gasteiger partial charge in [0.1, 0.15) is 0 Å². The molecule has 0 saturated carbocycles. The van der Waals surface area contributed by atoms with Crippen LogP contribution in [0.5, 0.6) is 0 Å².